The van der Waals surface area contributed by atoms with Crippen LogP contribution in [0.2, 0.25) is 0 Å². The summed E-state index contributed by atoms with van der Waals surface area (Å²) in [5, 5.41) is 8.82. The van der Waals surface area contributed by atoms with E-state index in [2.05, 4.69) is 15.9 Å². The number of carbonyl (C=O) groups is 3. The number of benzene rings is 2. The van der Waals surface area contributed by atoms with E-state index < -0.39 is 5.97 Å². The summed E-state index contributed by atoms with van der Waals surface area (Å²) in [6.45, 7) is 0.712. The van der Waals surface area contributed by atoms with E-state index in [1.165, 1.54) is 30.6 Å². The van der Waals surface area contributed by atoms with Gasteiger partial charge in [-0.15, -0.1) is 0 Å². The summed E-state index contributed by atoms with van der Waals surface area (Å²) >= 11 is 4.48. The molecule has 0 spiro atoms. The van der Waals surface area contributed by atoms with E-state index in [0.29, 0.717) is 38.9 Å². The second-order valence-corrected chi connectivity index (χ2v) is 10.5. The number of hydrogen-bond donors (Lipinski definition) is 1. The van der Waals surface area contributed by atoms with Gasteiger partial charge in [-0.3, -0.25) is 14.5 Å². The number of ether oxygens (including phenoxy) is 2. The number of carboxylic acids is 1. The molecule has 2 aromatic carbocycles. The highest BCUT2D eigenvalue weighted by Gasteiger charge is 2.36. The largest absolute Gasteiger partial charge is 0.493 e. The minimum atomic E-state index is -0.982. The van der Waals surface area contributed by atoms with Gasteiger partial charge in [0, 0.05) is 6.54 Å². The predicted molar refractivity (Wildman–Crippen MR) is 138 cm³/mol. The van der Waals surface area contributed by atoms with E-state index in [9.17, 15) is 14.4 Å². The van der Waals surface area contributed by atoms with Gasteiger partial charge in [0.15, 0.2) is 11.5 Å². The Morgan fingerprint density at radius 1 is 1.17 bits per heavy atom. The normalized spacial score (nSPS) is 17.8. The predicted octanol–water partition coefficient (Wildman–Crippen LogP) is 6.35. The fourth-order valence-corrected chi connectivity index (χ4v) is 5.72. The molecule has 184 valence electrons. The molecule has 1 N–H and O–H groups in total. The molecule has 2 amide bonds. The molecule has 4 rings (SSSR count). The second kappa shape index (κ2) is 11.3. The number of methoxy groups -OCH3 is 1. The minimum absolute atomic E-state index is 0.208. The number of rotatable bonds is 8. The van der Waals surface area contributed by atoms with Crippen LogP contribution in [0.3, 0.4) is 0 Å². The summed E-state index contributed by atoms with van der Waals surface area (Å²) in [5.41, 5.74) is 1.72. The highest BCUT2D eigenvalue weighted by molar-refractivity contribution is 9.10. The molecule has 7 nitrogen and oxygen atoms in total. The molecule has 1 saturated carbocycles. The summed E-state index contributed by atoms with van der Waals surface area (Å²) in [5.74, 6) is 0.115. The van der Waals surface area contributed by atoms with Crippen molar-refractivity contribution in [2.45, 2.75) is 38.7 Å². The molecular weight excluding hydrogens is 534 g/mol. The van der Waals surface area contributed by atoms with Crippen molar-refractivity contribution in [1.82, 2.24) is 4.90 Å². The van der Waals surface area contributed by atoms with Crippen molar-refractivity contribution in [2.75, 3.05) is 13.7 Å². The van der Waals surface area contributed by atoms with Gasteiger partial charge in [-0.2, -0.15) is 0 Å². The minimum Gasteiger partial charge on any atom is -0.493 e. The third kappa shape index (κ3) is 6.08. The Labute approximate surface area is 216 Å². The molecule has 35 heavy (non-hydrogen) atoms. The molecule has 2 fully saturated rings. The lowest BCUT2D eigenvalue weighted by Gasteiger charge is -2.25. The topological polar surface area (TPSA) is 93.1 Å². The molecule has 0 unspecified atom stereocenters. The zero-order valence-electron chi connectivity index (χ0n) is 19.3. The van der Waals surface area contributed by atoms with Gasteiger partial charge in [0.2, 0.25) is 0 Å². The number of hydrogen-bond acceptors (Lipinski definition) is 6. The molecule has 9 heteroatoms. The second-order valence-electron chi connectivity index (χ2n) is 8.62. The molecule has 0 bridgehead atoms. The monoisotopic (exact) mass is 559 g/mol. The van der Waals surface area contributed by atoms with Crippen LogP contribution in [0.1, 0.15) is 53.6 Å². The lowest BCUT2D eigenvalue weighted by atomic mass is 9.89. The fraction of sp³-hybridized carbons (Fsp3) is 0.346. The van der Waals surface area contributed by atoms with E-state index in [-0.39, 0.29) is 23.3 Å². The van der Waals surface area contributed by atoms with E-state index in [4.69, 9.17) is 14.6 Å². The van der Waals surface area contributed by atoms with Crippen molar-refractivity contribution in [2.24, 2.45) is 5.92 Å². The average molecular weight is 560 g/mol. The first-order valence-electron chi connectivity index (χ1n) is 11.4. The Hall–Kier alpha value is -2.78. The van der Waals surface area contributed by atoms with Crippen LogP contribution in [-0.4, -0.2) is 40.8 Å². The first kappa shape index (κ1) is 25.3. The lowest BCUT2D eigenvalue weighted by Crippen LogP contribution is -2.34. The van der Waals surface area contributed by atoms with Gasteiger partial charge < -0.3 is 14.6 Å². The van der Waals surface area contributed by atoms with Crippen LogP contribution in [0, 0.1) is 5.92 Å². The zero-order valence-corrected chi connectivity index (χ0v) is 21.7. The molecule has 2 aliphatic rings. The van der Waals surface area contributed by atoms with Crippen molar-refractivity contribution in [1.29, 1.82) is 0 Å². The Morgan fingerprint density at radius 3 is 2.54 bits per heavy atom. The van der Waals surface area contributed by atoms with E-state index in [0.717, 1.165) is 43.0 Å². The van der Waals surface area contributed by atoms with E-state index >= 15 is 0 Å². The van der Waals surface area contributed by atoms with Gasteiger partial charge in [-0.25, -0.2) is 4.79 Å². The molecule has 1 aliphatic heterocycles. The number of halogens is 1. The van der Waals surface area contributed by atoms with E-state index in [1.54, 1.807) is 30.3 Å². The Kier molecular flexibility index (Phi) is 8.18. The van der Waals surface area contributed by atoms with Gasteiger partial charge >= 0.3 is 5.97 Å². The molecule has 0 radical (unpaired) electrons. The number of thioether (sulfide) groups is 1. The Morgan fingerprint density at radius 2 is 1.89 bits per heavy atom. The quantitative estimate of drug-likeness (QED) is 0.376. The number of nitrogens with zero attached hydrogens (tertiary/aromatic N) is 1. The van der Waals surface area contributed by atoms with Gasteiger partial charge in [0.25, 0.3) is 11.1 Å². The van der Waals surface area contributed by atoms with Crippen LogP contribution in [0.25, 0.3) is 6.08 Å². The standard InChI is InChI=1S/C26H26BrNO6S/c1-33-21-12-18(11-20(27)23(21)34-15-17-7-9-19(10-8-17)25(30)31)13-22-24(29)28(26(32)35-22)14-16-5-3-2-4-6-16/h7-13,16H,2-6,14-15H2,1H3,(H,30,31)/b22-13+. The molecule has 0 aromatic heterocycles. The highest BCUT2D eigenvalue weighted by atomic mass is 79.9. The highest BCUT2D eigenvalue weighted by Crippen LogP contribution is 2.40. The first-order chi connectivity index (χ1) is 16.9. The zero-order chi connectivity index (χ0) is 24.9. The van der Waals surface area contributed by atoms with Gasteiger partial charge in [-0.05, 0) is 87.9 Å². The fourth-order valence-electron chi connectivity index (χ4n) is 4.30. The number of imide groups is 1. The van der Waals surface area contributed by atoms with Crippen LogP contribution in [0.5, 0.6) is 11.5 Å². The first-order valence-corrected chi connectivity index (χ1v) is 13.0. The van der Waals surface area contributed by atoms with Crippen molar-refractivity contribution < 1.29 is 29.0 Å². The van der Waals surface area contributed by atoms with Crippen molar-refractivity contribution in [3.63, 3.8) is 0 Å². The number of amides is 2. The summed E-state index contributed by atoms with van der Waals surface area (Å²) in [6.07, 6.45) is 7.38. The van der Waals surface area contributed by atoms with Gasteiger partial charge in [0.1, 0.15) is 6.61 Å². The maximum atomic E-state index is 12.9. The van der Waals surface area contributed by atoms with Crippen molar-refractivity contribution in [3.05, 3.63) is 62.5 Å². The Bertz CT molecular complexity index is 1160. The average Bonchev–Trinajstić information content (AvgIpc) is 3.11. The summed E-state index contributed by atoms with van der Waals surface area (Å²) < 4.78 is 12.1. The number of aromatic carboxylic acids is 1. The van der Waals surface area contributed by atoms with E-state index in [1.807, 2.05) is 0 Å². The SMILES string of the molecule is COc1cc(/C=C2/SC(=O)N(CC3CCCCC3)C2=O)cc(Br)c1OCc1ccc(C(=O)O)cc1. The number of carboxylic acid groups (broad SMARTS) is 1. The maximum Gasteiger partial charge on any atom is 0.335 e. The van der Waals surface area contributed by atoms with Crippen LogP contribution in [0.4, 0.5) is 4.79 Å². The number of carbonyl (C=O) groups excluding carboxylic acids is 2. The molecule has 2 aromatic rings. The smallest absolute Gasteiger partial charge is 0.335 e. The molecule has 1 saturated heterocycles. The molecule has 1 heterocycles. The van der Waals surface area contributed by atoms with Crippen molar-refractivity contribution in [3.8, 4) is 11.5 Å². The lowest BCUT2D eigenvalue weighted by molar-refractivity contribution is -0.123. The van der Waals surface area contributed by atoms with Crippen LogP contribution < -0.4 is 9.47 Å². The van der Waals surface area contributed by atoms with Crippen LogP contribution in [0.15, 0.2) is 45.8 Å². The van der Waals surface area contributed by atoms with Gasteiger partial charge in [-0.1, -0.05) is 31.4 Å². The third-order valence-corrected chi connectivity index (χ3v) is 7.67. The summed E-state index contributed by atoms with van der Waals surface area (Å²) in [6, 6.07) is 10.0. The van der Waals surface area contributed by atoms with Gasteiger partial charge in [0.05, 0.1) is 22.1 Å². The van der Waals surface area contributed by atoms with Crippen LogP contribution >= 0.6 is 27.7 Å². The Balaban J connectivity index is 1.47. The summed E-state index contributed by atoms with van der Waals surface area (Å²) in [4.78, 5) is 38.3. The molecular formula is C26H26BrNO6S. The van der Waals surface area contributed by atoms with Crippen molar-refractivity contribution >= 4 is 50.9 Å². The summed E-state index contributed by atoms with van der Waals surface area (Å²) in [7, 11) is 1.53. The third-order valence-electron chi connectivity index (χ3n) is 6.17. The molecule has 0 atom stereocenters. The van der Waals surface area contributed by atoms with Crippen LogP contribution in [-0.2, 0) is 11.4 Å². The maximum absolute atomic E-state index is 12.9. The molecule has 1 aliphatic carbocycles.